The lowest BCUT2D eigenvalue weighted by Gasteiger charge is -2.20. The van der Waals surface area contributed by atoms with Gasteiger partial charge in [-0.15, -0.1) is 0 Å². The molecule has 18 heavy (non-hydrogen) atoms. The molecule has 0 radical (unpaired) electrons. The Morgan fingerprint density at radius 2 is 1.67 bits per heavy atom. The Hall–Kier alpha value is -1.03. The molecule has 4 heteroatoms. The van der Waals surface area contributed by atoms with Crippen molar-refractivity contribution in [2.75, 3.05) is 6.54 Å². The Morgan fingerprint density at radius 1 is 1.06 bits per heavy atom. The van der Waals surface area contributed by atoms with Crippen LogP contribution >= 0.6 is 0 Å². The van der Waals surface area contributed by atoms with Gasteiger partial charge in [0.25, 0.3) is 0 Å². The van der Waals surface area contributed by atoms with E-state index in [0.717, 1.165) is 12.6 Å². The largest absolute Gasteiger partial charge is 0.416 e. The highest BCUT2D eigenvalue weighted by Gasteiger charge is 2.32. The lowest BCUT2D eigenvalue weighted by molar-refractivity contribution is -0.138. The first-order valence-corrected chi connectivity index (χ1v) is 6.10. The van der Waals surface area contributed by atoms with Gasteiger partial charge in [-0.1, -0.05) is 18.2 Å². The van der Waals surface area contributed by atoms with Gasteiger partial charge in [0.2, 0.25) is 0 Å². The fourth-order valence-electron chi connectivity index (χ4n) is 1.76. The molecule has 0 saturated heterocycles. The van der Waals surface area contributed by atoms with E-state index in [1.165, 1.54) is 6.07 Å². The molecule has 0 aromatic heterocycles. The van der Waals surface area contributed by atoms with E-state index in [1.807, 2.05) is 20.8 Å². The second-order valence-corrected chi connectivity index (χ2v) is 5.44. The smallest absolute Gasteiger partial charge is 0.312 e. The van der Waals surface area contributed by atoms with Gasteiger partial charge in [0.05, 0.1) is 5.56 Å². The lowest BCUT2D eigenvalue weighted by atomic mass is 10.0. The van der Waals surface area contributed by atoms with Crippen LogP contribution in [0, 0.1) is 0 Å². The molecule has 0 aliphatic rings. The Kier molecular flexibility index (Phi) is 4.79. The van der Waals surface area contributed by atoms with E-state index < -0.39 is 11.7 Å². The third kappa shape index (κ3) is 5.08. The number of aryl methyl sites for hydroxylation is 1. The van der Waals surface area contributed by atoms with Gasteiger partial charge in [-0.3, -0.25) is 0 Å². The second kappa shape index (κ2) is 5.74. The fourth-order valence-corrected chi connectivity index (χ4v) is 1.76. The van der Waals surface area contributed by atoms with Crippen LogP contribution in [0.1, 0.15) is 38.3 Å². The molecular weight excluding hydrogens is 239 g/mol. The predicted octanol–water partition coefficient (Wildman–Crippen LogP) is 4.03. The highest BCUT2D eigenvalue weighted by atomic mass is 19.4. The minimum Gasteiger partial charge on any atom is -0.312 e. The minimum absolute atomic E-state index is 0.00352. The quantitative estimate of drug-likeness (QED) is 0.805. The molecule has 0 saturated carbocycles. The summed E-state index contributed by atoms with van der Waals surface area (Å²) in [6, 6.07) is 5.79. The van der Waals surface area contributed by atoms with Gasteiger partial charge in [-0.05, 0) is 51.8 Å². The van der Waals surface area contributed by atoms with Crippen LogP contribution < -0.4 is 5.32 Å². The molecule has 1 aromatic carbocycles. The van der Waals surface area contributed by atoms with Gasteiger partial charge in [0.15, 0.2) is 0 Å². The van der Waals surface area contributed by atoms with Gasteiger partial charge in [0.1, 0.15) is 0 Å². The zero-order valence-electron chi connectivity index (χ0n) is 11.1. The second-order valence-electron chi connectivity index (χ2n) is 5.44. The number of hydrogen-bond donors (Lipinski definition) is 1. The first-order chi connectivity index (χ1) is 8.20. The van der Waals surface area contributed by atoms with E-state index >= 15 is 0 Å². The van der Waals surface area contributed by atoms with E-state index in [9.17, 15) is 13.2 Å². The van der Waals surface area contributed by atoms with Gasteiger partial charge in [-0.2, -0.15) is 13.2 Å². The van der Waals surface area contributed by atoms with E-state index in [0.29, 0.717) is 18.4 Å². The molecule has 0 aliphatic carbocycles. The maximum absolute atomic E-state index is 12.7. The number of halogens is 3. The topological polar surface area (TPSA) is 12.0 Å². The molecule has 1 N–H and O–H groups in total. The number of benzene rings is 1. The Labute approximate surface area is 106 Å². The lowest BCUT2D eigenvalue weighted by Crippen LogP contribution is -2.36. The molecule has 0 atom stereocenters. The highest BCUT2D eigenvalue weighted by molar-refractivity contribution is 5.29. The molecule has 102 valence electrons. The van der Waals surface area contributed by atoms with Gasteiger partial charge < -0.3 is 5.32 Å². The van der Waals surface area contributed by atoms with Crippen LogP contribution in [0.5, 0.6) is 0 Å². The van der Waals surface area contributed by atoms with Crippen molar-refractivity contribution in [1.82, 2.24) is 5.32 Å². The van der Waals surface area contributed by atoms with Crippen LogP contribution in [0.2, 0.25) is 0 Å². The average molecular weight is 259 g/mol. The monoisotopic (exact) mass is 259 g/mol. The number of rotatable bonds is 4. The number of nitrogens with one attached hydrogen (secondary N) is 1. The maximum Gasteiger partial charge on any atom is 0.416 e. The maximum atomic E-state index is 12.7. The molecule has 1 rings (SSSR count). The summed E-state index contributed by atoms with van der Waals surface area (Å²) in [4.78, 5) is 0. The normalized spacial score (nSPS) is 12.8. The summed E-state index contributed by atoms with van der Waals surface area (Å²) in [6.07, 6.45) is -3.11. The summed E-state index contributed by atoms with van der Waals surface area (Å²) in [5.41, 5.74) is -0.134. The molecule has 0 fully saturated rings. The highest BCUT2D eigenvalue weighted by Crippen LogP contribution is 2.32. The van der Waals surface area contributed by atoms with Crippen molar-refractivity contribution in [3.05, 3.63) is 35.4 Å². The number of hydrogen-bond acceptors (Lipinski definition) is 1. The molecule has 0 aliphatic heterocycles. The van der Waals surface area contributed by atoms with Crippen LogP contribution in [-0.4, -0.2) is 12.1 Å². The van der Waals surface area contributed by atoms with Crippen LogP contribution in [0.15, 0.2) is 24.3 Å². The van der Waals surface area contributed by atoms with Crippen molar-refractivity contribution in [3.8, 4) is 0 Å². The van der Waals surface area contributed by atoms with E-state index in [-0.39, 0.29) is 5.54 Å². The third-order valence-electron chi connectivity index (χ3n) is 2.60. The standard InChI is InChI=1S/C14H20F3N/c1-13(2,3)18-10-6-8-11-7-4-5-9-12(11)14(15,16)17/h4-5,7,9,18H,6,8,10H2,1-3H3. The minimum atomic E-state index is -4.26. The third-order valence-corrected chi connectivity index (χ3v) is 2.60. The van der Waals surface area contributed by atoms with Crippen molar-refractivity contribution < 1.29 is 13.2 Å². The first-order valence-electron chi connectivity index (χ1n) is 6.10. The first kappa shape index (κ1) is 15.0. The molecule has 0 amide bonds. The Morgan fingerprint density at radius 3 is 2.22 bits per heavy atom. The summed E-state index contributed by atoms with van der Waals surface area (Å²) in [5.74, 6) is 0. The van der Waals surface area contributed by atoms with Crippen LogP contribution in [0.25, 0.3) is 0 Å². The van der Waals surface area contributed by atoms with E-state index in [4.69, 9.17) is 0 Å². The molecule has 1 nitrogen and oxygen atoms in total. The Balaban J connectivity index is 2.58. The average Bonchev–Trinajstić information content (AvgIpc) is 2.22. The summed E-state index contributed by atoms with van der Waals surface area (Å²) in [7, 11) is 0. The summed E-state index contributed by atoms with van der Waals surface area (Å²) < 4.78 is 38.2. The van der Waals surface area contributed by atoms with Crippen molar-refractivity contribution in [3.63, 3.8) is 0 Å². The van der Waals surface area contributed by atoms with Crippen molar-refractivity contribution in [2.24, 2.45) is 0 Å². The molecule has 0 bridgehead atoms. The summed E-state index contributed by atoms with van der Waals surface area (Å²) in [6.45, 7) is 6.83. The van der Waals surface area contributed by atoms with Gasteiger partial charge in [0, 0.05) is 5.54 Å². The number of alkyl halides is 3. The molecule has 0 heterocycles. The Bertz CT molecular complexity index is 377. The van der Waals surface area contributed by atoms with E-state index in [1.54, 1.807) is 12.1 Å². The van der Waals surface area contributed by atoms with Crippen LogP contribution in [0.4, 0.5) is 13.2 Å². The molecule has 1 aromatic rings. The zero-order valence-corrected chi connectivity index (χ0v) is 11.1. The van der Waals surface area contributed by atoms with Crippen molar-refractivity contribution in [1.29, 1.82) is 0 Å². The molecule has 0 unspecified atom stereocenters. The van der Waals surface area contributed by atoms with Gasteiger partial charge in [-0.25, -0.2) is 0 Å². The van der Waals surface area contributed by atoms with E-state index in [2.05, 4.69) is 5.32 Å². The molecular formula is C14H20F3N. The van der Waals surface area contributed by atoms with Crippen molar-refractivity contribution in [2.45, 2.75) is 45.3 Å². The molecule has 0 spiro atoms. The summed E-state index contributed by atoms with van der Waals surface area (Å²) in [5, 5.41) is 3.27. The van der Waals surface area contributed by atoms with Crippen molar-refractivity contribution >= 4 is 0 Å². The SMILES string of the molecule is CC(C)(C)NCCCc1ccccc1C(F)(F)F. The summed E-state index contributed by atoms with van der Waals surface area (Å²) >= 11 is 0. The van der Waals surface area contributed by atoms with Gasteiger partial charge >= 0.3 is 6.18 Å². The van der Waals surface area contributed by atoms with Crippen LogP contribution in [-0.2, 0) is 12.6 Å². The zero-order chi connectivity index (χ0) is 13.8. The van der Waals surface area contributed by atoms with Crippen LogP contribution in [0.3, 0.4) is 0 Å². The fraction of sp³-hybridized carbons (Fsp3) is 0.571. The predicted molar refractivity (Wildman–Crippen MR) is 67.5 cm³/mol.